The molecule has 0 saturated heterocycles. The number of ether oxygens (including phenoxy) is 1. The maximum atomic E-state index is 5.49. The monoisotopic (exact) mass is 206 g/mol. The molecule has 1 heteroatoms. The highest BCUT2D eigenvalue weighted by Gasteiger charge is 2.12. The van der Waals surface area contributed by atoms with Gasteiger partial charge < -0.3 is 4.74 Å². The fourth-order valence-corrected chi connectivity index (χ4v) is 1.44. The third kappa shape index (κ3) is 4.05. The number of benzene rings is 1. The summed E-state index contributed by atoms with van der Waals surface area (Å²) in [5.41, 5.74) is 2.88. The molecule has 0 bridgehead atoms. The molecule has 0 aliphatic carbocycles. The Morgan fingerprint density at radius 1 is 1.07 bits per heavy atom. The average Bonchev–Trinajstić information content (AvgIpc) is 2.18. The van der Waals surface area contributed by atoms with E-state index in [-0.39, 0.29) is 5.41 Å². The Morgan fingerprint density at radius 2 is 1.67 bits per heavy atom. The second-order valence-corrected chi connectivity index (χ2v) is 5.00. The molecule has 84 valence electrons. The van der Waals surface area contributed by atoms with Crippen molar-refractivity contribution in [3.8, 4) is 0 Å². The Morgan fingerprint density at radius 3 is 2.13 bits per heavy atom. The molecule has 1 rings (SSSR count). The summed E-state index contributed by atoms with van der Waals surface area (Å²) in [6.07, 6.45) is 1.08. The van der Waals surface area contributed by atoms with Crippen LogP contribution in [-0.2, 0) is 16.8 Å². The average molecular weight is 206 g/mol. The Hall–Kier alpha value is -0.820. The predicted octanol–water partition coefficient (Wildman–Crippen LogP) is 3.91. The molecule has 0 aliphatic rings. The Balaban J connectivity index is 2.57. The highest BCUT2D eigenvalue weighted by atomic mass is 16.5. The van der Waals surface area contributed by atoms with Crippen LogP contribution in [0.15, 0.2) is 24.3 Å². The topological polar surface area (TPSA) is 9.23 Å². The minimum atomic E-state index is 0.239. The van der Waals surface area contributed by atoms with Crippen molar-refractivity contribution >= 4 is 0 Å². The standard InChI is InChI=1S/C14H22O/c1-5-10-15-11-12-6-8-13(9-7-12)14(2,3)4/h6-9H,5,10-11H2,1-4H3. The summed E-state index contributed by atoms with van der Waals surface area (Å²) >= 11 is 0. The largest absolute Gasteiger partial charge is 0.377 e. The van der Waals surface area contributed by atoms with Crippen molar-refractivity contribution in [2.75, 3.05) is 6.61 Å². The molecule has 1 aromatic carbocycles. The van der Waals surface area contributed by atoms with Gasteiger partial charge in [0.15, 0.2) is 0 Å². The van der Waals surface area contributed by atoms with Gasteiger partial charge in [-0.1, -0.05) is 52.0 Å². The molecular formula is C14H22O. The minimum Gasteiger partial charge on any atom is -0.377 e. The molecular weight excluding hydrogens is 184 g/mol. The van der Waals surface area contributed by atoms with E-state index < -0.39 is 0 Å². The molecule has 0 aromatic heterocycles. The van der Waals surface area contributed by atoms with E-state index in [1.54, 1.807) is 0 Å². The number of rotatable bonds is 4. The van der Waals surface area contributed by atoms with Gasteiger partial charge in [0.25, 0.3) is 0 Å². The van der Waals surface area contributed by atoms with Crippen LogP contribution in [-0.4, -0.2) is 6.61 Å². The first-order valence-corrected chi connectivity index (χ1v) is 5.71. The maximum absolute atomic E-state index is 5.49. The Kier molecular flexibility index (Phi) is 4.34. The van der Waals surface area contributed by atoms with Crippen LogP contribution in [0.5, 0.6) is 0 Å². The number of hydrogen-bond acceptors (Lipinski definition) is 1. The van der Waals surface area contributed by atoms with Gasteiger partial charge in [0.05, 0.1) is 6.61 Å². The SMILES string of the molecule is CCCOCc1ccc(C(C)(C)C)cc1. The van der Waals surface area contributed by atoms with Crippen LogP contribution in [0.4, 0.5) is 0 Å². The smallest absolute Gasteiger partial charge is 0.0716 e. The molecule has 0 aliphatic heterocycles. The van der Waals surface area contributed by atoms with Crippen molar-refractivity contribution < 1.29 is 4.74 Å². The van der Waals surface area contributed by atoms with Crippen LogP contribution in [0.1, 0.15) is 45.2 Å². The lowest BCUT2D eigenvalue weighted by atomic mass is 9.87. The van der Waals surface area contributed by atoms with Crippen LogP contribution in [0.2, 0.25) is 0 Å². The fraction of sp³-hybridized carbons (Fsp3) is 0.571. The summed E-state index contributed by atoms with van der Waals surface area (Å²) < 4.78 is 5.49. The van der Waals surface area contributed by atoms with Gasteiger partial charge in [-0.2, -0.15) is 0 Å². The van der Waals surface area contributed by atoms with Gasteiger partial charge in [-0.05, 0) is 23.0 Å². The van der Waals surface area contributed by atoms with Crippen molar-refractivity contribution in [3.05, 3.63) is 35.4 Å². The number of hydrogen-bond donors (Lipinski definition) is 0. The van der Waals surface area contributed by atoms with Crippen molar-refractivity contribution in [2.24, 2.45) is 0 Å². The van der Waals surface area contributed by atoms with Gasteiger partial charge >= 0.3 is 0 Å². The molecule has 0 heterocycles. The molecule has 0 amide bonds. The van der Waals surface area contributed by atoms with Crippen LogP contribution in [0.25, 0.3) is 0 Å². The van der Waals surface area contributed by atoms with Crippen LogP contribution in [0.3, 0.4) is 0 Å². The molecule has 0 radical (unpaired) electrons. The minimum absolute atomic E-state index is 0.239. The van der Waals surface area contributed by atoms with E-state index in [4.69, 9.17) is 4.74 Å². The molecule has 0 atom stereocenters. The van der Waals surface area contributed by atoms with E-state index in [9.17, 15) is 0 Å². The van der Waals surface area contributed by atoms with Gasteiger partial charge in [-0.3, -0.25) is 0 Å². The Bertz CT molecular complexity index is 279. The summed E-state index contributed by atoms with van der Waals surface area (Å²) in [6.45, 7) is 10.4. The first-order valence-electron chi connectivity index (χ1n) is 5.71. The molecule has 0 N–H and O–H groups in total. The molecule has 0 saturated carbocycles. The highest BCUT2D eigenvalue weighted by molar-refractivity contribution is 5.27. The zero-order valence-electron chi connectivity index (χ0n) is 10.3. The summed E-state index contributed by atoms with van der Waals surface area (Å²) in [5, 5.41) is 0. The fourth-order valence-electron chi connectivity index (χ4n) is 1.44. The van der Waals surface area contributed by atoms with E-state index >= 15 is 0 Å². The molecule has 0 fully saturated rings. The van der Waals surface area contributed by atoms with E-state index in [1.165, 1.54) is 11.1 Å². The van der Waals surface area contributed by atoms with E-state index in [0.29, 0.717) is 0 Å². The predicted molar refractivity (Wildman–Crippen MR) is 65.1 cm³/mol. The Labute approximate surface area is 93.5 Å². The van der Waals surface area contributed by atoms with Crippen LogP contribution >= 0.6 is 0 Å². The van der Waals surface area contributed by atoms with Crippen molar-refractivity contribution in [3.63, 3.8) is 0 Å². The zero-order chi connectivity index (χ0) is 11.3. The quantitative estimate of drug-likeness (QED) is 0.679. The summed E-state index contributed by atoms with van der Waals surface area (Å²) in [5.74, 6) is 0. The lowest BCUT2D eigenvalue weighted by molar-refractivity contribution is 0.121. The van der Waals surface area contributed by atoms with Gasteiger partial charge in [0.2, 0.25) is 0 Å². The summed E-state index contributed by atoms with van der Waals surface area (Å²) in [7, 11) is 0. The first-order chi connectivity index (χ1) is 7.04. The molecule has 15 heavy (non-hydrogen) atoms. The van der Waals surface area contributed by atoms with Crippen LogP contribution in [0, 0.1) is 0 Å². The van der Waals surface area contributed by atoms with E-state index in [2.05, 4.69) is 52.0 Å². The van der Waals surface area contributed by atoms with Gasteiger partial charge in [0.1, 0.15) is 0 Å². The summed E-state index contributed by atoms with van der Waals surface area (Å²) in [6, 6.07) is 8.72. The van der Waals surface area contributed by atoms with Gasteiger partial charge in [-0.15, -0.1) is 0 Å². The van der Waals surface area contributed by atoms with Crippen molar-refractivity contribution in [2.45, 2.75) is 46.1 Å². The molecule has 1 nitrogen and oxygen atoms in total. The van der Waals surface area contributed by atoms with E-state index in [0.717, 1.165) is 19.6 Å². The third-order valence-electron chi connectivity index (χ3n) is 2.44. The maximum Gasteiger partial charge on any atom is 0.0716 e. The highest BCUT2D eigenvalue weighted by Crippen LogP contribution is 2.22. The van der Waals surface area contributed by atoms with Crippen molar-refractivity contribution in [1.29, 1.82) is 0 Å². The molecule has 0 spiro atoms. The van der Waals surface area contributed by atoms with E-state index in [1.807, 2.05) is 0 Å². The zero-order valence-corrected chi connectivity index (χ0v) is 10.3. The summed E-state index contributed by atoms with van der Waals surface area (Å²) in [4.78, 5) is 0. The first kappa shape index (κ1) is 12.3. The second-order valence-electron chi connectivity index (χ2n) is 5.00. The lowest BCUT2D eigenvalue weighted by Crippen LogP contribution is -2.10. The van der Waals surface area contributed by atoms with Gasteiger partial charge in [0, 0.05) is 6.61 Å². The second kappa shape index (κ2) is 5.32. The third-order valence-corrected chi connectivity index (χ3v) is 2.44. The lowest BCUT2D eigenvalue weighted by Gasteiger charge is -2.19. The van der Waals surface area contributed by atoms with Crippen molar-refractivity contribution in [1.82, 2.24) is 0 Å². The van der Waals surface area contributed by atoms with Gasteiger partial charge in [-0.25, -0.2) is 0 Å². The molecule has 1 aromatic rings. The normalized spacial score (nSPS) is 11.7. The van der Waals surface area contributed by atoms with Crippen LogP contribution < -0.4 is 0 Å². The molecule has 0 unspecified atom stereocenters.